The minimum atomic E-state index is 0.0580. The van der Waals surface area contributed by atoms with Crippen LogP contribution in [-0.4, -0.2) is 55.7 Å². The standard InChI is InChI=1S/C23H25N3O2S/c1-25(12-10-19-9-5-6-11-24-19)22(27)21-17-20(18-7-3-2-4-8-18)23(29-21)26-13-15-28-16-14-26/h2-9,11,17H,10,12-16H2,1H3. The highest BCUT2D eigenvalue weighted by atomic mass is 32.1. The number of carbonyl (C=O) groups is 1. The minimum absolute atomic E-state index is 0.0580. The molecule has 0 unspecified atom stereocenters. The second-order valence-electron chi connectivity index (χ2n) is 7.09. The van der Waals surface area contributed by atoms with E-state index in [2.05, 4.69) is 22.0 Å². The van der Waals surface area contributed by atoms with Crippen LogP contribution in [0.1, 0.15) is 15.4 Å². The fourth-order valence-electron chi connectivity index (χ4n) is 3.43. The van der Waals surface area contributed by atoms with Crippen molar-refractivity contribution in [1.82, 2.24) is 9.88 Å². The van der Waals surface area contributed by atoms with Gasteiger partial charge in [-0.25, -0.2) is 0 Å². The fourth-order valence-corrected chi connectivity index (χ4v) is 4.66. The predicted octanol–water partition coefficient (Wildman–Crippen LogP) is 3.96. The molecule has 5 nitrogen and oxygen atoms in total. The lowest BCUT2D eigenvalue weighted by Crippen LogP contribution is -2.35. The maximum atomic E-state index is 13.1. The highest BCUT2D eigenvalue weighted by Crippen LogP contribution is 2.39. The minimum Gasteiger partial charge on any atom is -0.378 e. The van der Waals surface area contributed by atoms with E-state index < -0.39 is 0 Å². The van der Waals surface area contributed by atoms with Gasteiger partial charge in [0.05, 0.1) is 23.1 Å². The number of likely N-dealkylation sites (N-methyl/N-ethyl adjacent to an activating group) is 1. The van der Waals surface area contributed by atoms with Crippen molar-refractivity contribution in [1.29, 1.82) is 0 Å². The second kappa shape index (κ2) is 9.20. The summed E-state index contributed by atoms with van der Waals surface area (Å²) in [5, 5.41) is 1.15. The van der Waals surface area contributed by atoms with Crippen LogP contribution in [-0.2, 0) is 11.2 Å². The summed E-state index contributed by atoms with van der Waals surface area (Å²) < 4.78 is 5.52. The summed E-state index contributed by atoms with van der Waals surface area (Å²) in [6, 6.07) is 18.2. The Hall–Kier alpha value is -2.70. The van der Waals surface area contributed by atoms with Crippen molar-refractivity contribution in [3.8, 4) is 11.1 Å². The SMILES string of the molecule is CN(CCc1ccccn1)C(=O)c1cc(-c2ccccc2)c(N2CCOCC2)s1. The monoisotopic (exact) mass is 407 g/mol. The van der Waals surface area contributed by atoms with Gasteiger partial charge < -0.3 is 14.5 Å². The molecule has 150 valence electrons. The van der Waals surface area contributed by atoms with E-state index in [0.717, 1.165) is 59.4 Å². The van der Waals surface area contributed by atoms with Crippen LogP contribution in [0.5, 0.6) is 0 Å². The Kier molecular flexibility index (Phi) is 6.22. The molecule has 0 bridgehead atoms. The summed E-state index contributed by atoms with van der Waals surface area (Å²) in [6.45, 7) is 3.78. The molecule has 0 radical (unpaired) electrons. The molecule has 1 saturated heterocycles. The Morgan fingerprint density at radius 3 is 2.62 bits per heavy atom. The summed E-state index contributed by atoms with van der Waals surface area (Å²) in [7, 11) is 1.86. The predicted molar refractivity (Wildman–Crippen MR) is 118 cm³/mol. The number of thiophene rings is 1. The molecule has 29 heavy (non-hydrogen) atoms. The van der Waals surface area contributed by atoms with E-state index in [9.17, 15) is 4.79 Å². The third-order valence-corrected chi connectivity index (χ3v) is 6.27. The van der Waals surface area contributed by atoms with E-state index in [1.807, 2.05) is 49.5 Å². The van der Waals surface area contributed by atoms with E-state index in [0.29, 0.717) is 6.54 Å². The third-order valence-electron chi connectivity index (χ3n) is 5.08. The first kappa shape index (κ1) is 19.6. The van der Waals surface area contributed by atoms with Gasteiger partial charge in [-0.05, 0) is 23.8 Å². The van der Waals surface area contributed by atoms with Gasteiger partial charge in [0.1, 0.15) is 0 Å². The number of anilines is 1. The molecule has 4 rings (SSSR count). The first-order valence-corrected chi connectivity index (χ1v) is 10.7. The summed E-state index contributed by atoms with van der Waals surface area (Å²) in [5.41, 5.74) is 3.26. The maximum Gasteiger partial charge on any atom is 0.263 e. The molecule has 1 fully saturated rings. The lowest BCUT2D eigenvalue weighted by molar-refractivity contribution is 0.0801. The quantitative estimate of drug-likeness (QED) is 0.620. The molecule has 0 saturated carbocycles. The zero-order chi connectivity index (χ0) is 20.1. The first-order valence-electron chi connectivity index (χ1n) is 9.89. The number of pyridine rings is 1. The fraction of sp³-hybridized carbons (Fsp3) is 0.304. The molecule has 0 aliphatic carbocycles. The molecule has 3 heterocycles. The average Bonchev–Trinajstić information content (AvgIpc) is 3.24. The zero-order valence-corrected chi connectivity index (χ0v) is 17.4. The van der Waals surface area contributed by atoms with E-state index in [-0.39, 0.29) is 5.91 Å². The largest absolute Gasteiger partial charge is 0.378 e. The van der Waals surface area contributed by atoms with Crippen LogP contribution in [0, 0.1) is 0 Å². The Morgan fingerprint density at radius 1 is 1.14 bits per heavy atom. The summed E-state index contributed by atoms with van der Waals surface area (Å²) in [4.78, 5) is 22.4. The van der Waals surface area contributed by atoms with Crippen molar-refractivity contribution >= 4 is 22.2 Å². The number of hydrogen-bond acceptors (Lipinski definition) is 5. The number of morpholine rings is 1. The average molecular weight is 408 g/mol. The van der Waals surface area contributed by atoms with E-state index in [1.165, 1.54) is 0 Å². The lowest BCUT2D eigenvalue weighted by atomic mass is 10.1. The smallest absolute Gasteiger partial charge is 0.263 e. The van der Waals surface area contributed by atoms with Crippen LogP contribution in [0.3, 0.4) is 0 Å². The Bertz CT molecular complexity index is 937. The molecule has 1 amide bonds. The molecule has 3 aromatic rings. The van der Waals surface area contributed by atoms with Crippen LogP contribution < -0.4 is 4.90 Å². The Labute approximate surface area is 175 Å². The molecule has 0 spiro atoms. The number of aromatic nitrogens is 1. The number of ether oxygens (including phenoxy) is 1. The number of amides is 1. The van der Waals surface area contributed by atoms with Gasteiger partial charge in [0.2, 0.25) is 0 Å². The first-order chi connectivity index (χ1) is 14.2. The molecule has 1 aromatic carbocycles. The van der Waals surface area contributed by atoms with Crippen molar-refractivity contribution in [2.24, 2.45) is 0 Å². The van der Waals surface area contributed by atoms with Crippen molar-refractivity contribution in [2.75, 3.05) is 44.8 Å². The molecule has 6 heteroatoms. The maximum absolute atomic E-state index is 13.1. The van der Waals surface area contributed by atoms with Crippen molar-refractivity contribution in [2.45, 2.75) is 6.42 Å². The van der Waals surface area contributed by atoms with Crippen LogP contribution in [0.25, 0.3) is 11.1 Å². The highest BCUT2D eigenvalue weighted by Gasteiger charge is 2.23. The van der Waals surface area contributed by atoms with Gasteiger partial charge in [0.15, 0.2) is 0 Å². The number of carbonyl (C=O) groups excluding carboxylic acids is 1. The van der Waals surface area contributed by atoms with E-state index >= 15 is 0 Å². The van der Waals surface area contributed by atoms with Crippen LogP contribution in [0.15, 0.2) is 60.8 Å². The van der Waals surface area contributed by atoms with Gasteiger partial charge in [0, 0.05) is 50.6 Å². The van der Waals surface area contributed by atoms with Gasteiger partial charge >= 0.3 is 0 Å². The topological polar surface area (TPSA) is 45.7 Å². The van der Waals surface area contributed by atoms with E-state index in [4.69, 9.17) is 4.74 Å². The summed E-state index contributed by atoms with van der Waals surface area (Å²) >= 11 is 1.58. The zero-order valence-electron chi connectivity index (χ0n) is 16.6. The van der Waals surface area contributed by atoms with Gasteiger partial charge in [0.25, 0.3) is 5.91 Å². The molecular formula is C23H25N3O2S. The van der Waals surface area contributed by atoms with Crippen molar-refractivity contribution < 1.29 is 9.53 Å². The highest BCUT2D eigenvalue weighted by molar-refractivity contribution is 7.18. The molecule has 0 atom stereocenters. The number of rotatable bonds is 6. The Balaban J connectivity index is 1.56. The van der Waals surface area contributed by atoms with Crippen LogP contribution in [0.4, 0.5) is 5.00 Å². The Morgan fingerprint density at radius 2 is 1.90 bits per heavy atom. The molecule has 1 aliphatic heterocycles. The van der Waals surface area contributed by atoms with Crippen LogP contribution in [0.2, 0.25) is 0 Å². The normalized spacial score (nSPS) is 14.0. The van der Waals surface area contributed by atoms with Crippen molar-refractivity contribution in [3.63, 3.8) is 0 Å². The van der Waals surface area contributed by atoms with Crippen molar-refractivity contribution in [3.05, 3.63) is 71.4 Å². The molecule has 1 aliphatic rings. The molecular weight excluding hydrogens is 382 g/mol. The van der Waals surface area contributed by atoms with Gasteiger partial charge in [-0.1, -0.05) is 36.4 Å². The number of hydrogen-bond donors (Lipinski definition) is 0. The number of benzene rings is 1. The third kappa shape index (κ3) is 4.66. The summed E-state index contributed by atoms with van der Waals surface area (Å²) in [6.07, 6.45) is 2.54. The van der Waals surface area contributed by atoms with Gasteiger partial charge in [-0.2, -0.15) is 0 Å². The van der Waals surface area contributed by atoms with E-state index in [1.54, 1.807) is 22.4 Å². The molecule has 2 aromatic heterocycles. The van der Waals surface area contributed by atoms with Crippen LogP contribution >= 0.6 is 11.3 Å². The lowest BCUT2D eigenvalue weighted by Gasteiger charge is -2.28. The molecule has 0 N–H and O–H groups in total. The van der Waals surface area contributed by atoms with Gasteiger partial charge in [-0.3, -0.25) is 9.78 Å². The number of nitrogens with zero attached hydrogens (tertiary/aromatic N) is 3. The second-order valence-corrected chi connectivity index (χ2v) is 8.12. The summed E-state index contributed by atoms with van der Waals surface area (Å²) in [5.74, 6) is 0.0580. The van der Waals surface area contributed by atoms with Gasteiger partial charge in [-0.15, -0.1) is 11.3 Å².